The van der Waals surface area contributed by atoms with Crippen LogP contribution in [0.3, 0.4) is 0 Å². The maximum Gasteiger partial charge on any atom is 0.225 e. The number of piperidine rings is 1. The molecule has 0 bridgehead atoms. The van der Waals surface area contributed by atoms with Crippen molar-refractivity contribution in [1.82, 2.24) is 9.97 Å². The standard InChI is InChI=1S/C12H18N4O/c1-8-10-6-17-7-11(10)15-12(14-8)16-4-2-9(13)3-5-16/h9H,2-7,13H2,1H3. The Morgan fingerprint density at radius 2 is 2.00 bits per heavy atom. The third kappa shape index (κ3) is 2.00. The zero-order valence-corrected chi connectivity index (χ0v) is 10.1. The monoisotopic (exact) mass is 234 g/mol. The highest BCUT2D eigenvalue weighted by atomic mass is 16.5. The summed E-state index contributed by atoms with van der Waals surface area (Å²) < 4.78 is 5.41. The molecular weight excluding hydrogens is 216 g/mol. The molecule has 0 saturated carbocycles. The van der Waals surface area contributed by atoms with E-state index < -0.39 is 0 Å². The van der Waals surface area contributed by atoms with Crippen LogP contribution in [-0.4, -0.2) is 29.1 Å². The summed E-state index contributed by atoms with van der Waals surface area (Å²) in [7, 11) is 0. The van der Waals surface area contributed by atoms with Crippen molar-refractivity contribution in [3.8, 4) is 0 Å². The Morgan fingerprint density at radius 3 is 2.76 bits per heavy atom. The number of rotatable bonds is 1. The van der Waals surface area contributed by atoms with Gasteiger partial charge in [-0.1, -0.05) is 0 Å². The van der Waals surface area contributed by atoms with Crippen molar-refractivity contribution >= 4 is 5.95 Å². The van der Waals surface area contributed by atoms with Crippen LogP contribution in [0.5, 0.6) is 0 Å². The third-order valence-corrected chi connectivity index (χ3v) is 3.60. The molecule has 1 aromatic rings. The molecule has 0 spiro atoms. The van der Waals surface area contributed by atoms with Crippen molar-refractivity contribution in [3.05, 3.63) is 17.0 Å². The number of nitrogens with zero attached hydrogens (tertiary/aromatic N) is 3. The molecular formula is C12H18N4O. The van der Waals surface area contributed by atoms with Crippen LogP contribution in [0, 0.1) is 6.92 Å². The van der Waals surface area contributed by atoms with Gasteiger partial charge < -0.3 is 15.4 Å². The van der Waals surface area contributed by atoms with Gasteiger partial charge in [-0.3, -0.25) is 0 Å². The first-order valence-electron chi connectivity index (χ1n) is 6.18. The maximum atomic E-state index is 5.91. The summed E-state index contributed by atoms with van der Waals surface area (Å²) >= 11 is 0. The molecule has 2 N–H and O–H groups in total. The van der Waals surface area contributed by atoms with Gasteiger partial charge in [-0.2, -0.15) is 0 Å². The minimum atomic E-state index is 0.338. The number of ether oxygens (including phenoxy) is 1. The maximum absolute atomic E-state index is 5.91. The first-order chi connectivity index (χ1) is 8.24. The van der Waals surface area contributed by atoms with Crippen LogP contribution in [0.2, 0.25) is 0 Å². The average Bonchev–Trinajstić information content (AvgIpc) is 2.78. The lowest BCUT2D eigenvalue weighted by atomic mass is 10.1. The summed E-state index contributed by atoms with van der Waals surface area (Å²) in [6.45, 7) is 5.24. The highest BCUT2D eigenvalue weighted by Gasteiger charge is 2.22. The minimum absolute atomic E-state index is 0.338. The van der Waals surface area contributed by atoms with Gasteiger partial charge in [0.25, 0.3) is 0 Å². The Bertz CT molecular complexity index is 427. The molecule has 3 heterocycles. The van der Waals surface area contributed by atoms with Gasteiger partial charge in [-0.05, 0) is 19.8 Å². The fraction of sp³-hybridized carbons (Fsp3) is 0.667. The van der Waals surface area contributed by atoms with Crippen molar-refractivity contribution in [3.63, 3.8) is 0 Å². The normalized spacial score (nSPS) is 20.7. The van der Waals surface area contributed by atoms with E-state index >= 15 is 0 Å². The van der Waals surface area contributed by atoms with Crippen molar-refractivity contribution < 1.29 is 4.74 Å². The lowest BCUT2D eigenvalue weighted by Gasteiger charge is -2.30. The molecule has 0 aromatic carbocycles. The van der Waals surface area contributed by atoms with Gasteiger partial charge in [0.05, 0.1) is 18.9 Å². The fourth-order valence-corrected chi connectivity index (χ4v) is 2.44. The van der Waals surface area contributed by atoms with Crippen LogP contribution in [0.15, 0.2) is 0 Å². The van der Waals surface area contributed by atoms with E-state index in [4.69, 9.17) is 10.5 Å². The van der Waals surface area contributed by atoms with Crippen LogP contribution >= 0.6 is 0 Å². The van der Waals surface area contributed by atoms with Gasteiger partial charge in [0.2, 0.25) is 5.95 Å². The average molecular weight is 234 g/mol. The zero-order valence-electron chi connectivity index (χ0n) is 10.1. The Morgan fingerprint density at radius 1 is 1.24 bits per heavy atom. The van der Waals surface area contributed by atoms with Crippen LogP contribution in [0.1, 0.15) is 29.8 Å². The topological polar surface area (TPSA) is 64.3 Å². The molecule has 92 valence electrons. The first-order valence-corrected chi connectivity index (χ1v) is 6.18. The number of aromatic nitrogens is 2. The minimum Gasteiger partial charge on any atom is -0.370 e. The summed E-state index contributed by atoms with van der Waals surface area (Å²) in [4.78, 5) is 11.4. The molecule has 5 heteroatoms. The number of hydrogen-bond acceptors (Lipinski definition) is 5. The Labute approximate surface area is 101 Å². The largest absolute Gasteiger partial charge is 0.370 e. The van der Waals surface area contributed by atoms with E-state index in [9.17, 15) is 0 Å². The SMILES string of the molecule is Cc1nc(N2CCC(N)CC2)nc2c1COC2. The van der Waals surface area contributed by atoms with Gasteiger partial charge in [0.1, 0.15) is 0 Å². The van der Waals surface area contributed by atoms with Crippen LogP contribution in [-0.2, 0) is 18.0 Å². The van der Waals surface area contributed by atoms with Crippen LogP contribution in [0.4, 0.5) is 5.95 Å². The lowest BCUT2D eigenvalue weighted by Crippen LogP contribution is -2.40. The summed E-state index contributed by atoms with van der Waals surface area (Å²) in [6.07, 6.45) is 2.05. The van der Waals surface area contributed by atoms with Crippen molar-refractivity contribution in [2.24, 2.45) is 5.73 Å². The van der Waals surface area contributed by atoms with Crippen molar-refractivity contribution in [1.29, 1.82) is 0 Å². The number of anilines is 1. The van der Waals surface area contributed by atoms with Gasteiger partial charge in [0.15, 0.2) is 0 Å². The van der Waals surface area contributed by atoms with Crippen molar-refractivity contribution in [2.75, 3.05) is 18.0 Å². The molecule has 1 saturated heterocycles. The number of fused-ring (bicyclic) bond motifs is 1. The predicted octanol–water partition coefficient (Wildman–Crippen LogP) is 0.743. The molecule has 3 rings (SSSR count). The highest BCUT2D eigenvalue weighted by Crippen LogP contribution is 2.24. The van der Waals surface area contributed by atoms with E-state index in [-0.39, 0.29) is 0 Å². The van der Waals surface area contributed by atoms with Gasteiger partial charge in [-0.25, -0.2) is 9.97 Å². The second-order valence-corrected chi connectivity index (χ2v) is 4.85. The summed E-state index contributed by atoms with van der Waals surface area (Å²) in [5.74, 6) is 0.846. The molecule has 2 aliphatic rings. The highest BCUT2D eigenvalue weighted by molar-refractivity contribution is 5.38. The van der Waals surface area contributed by atoms with E-state index in [0.29, 0.717) is 19.3 Å². The van der Waals surface area contributed by atoms with Crippen molar-refractivity contribution in [2.45, 2.75) is 39.0 Å². The van der Waals surface area contributed by atoms with Gasteiger partial charge in [0, 0.05) is 30.4 Å². The molecule has 17 heavy (non-hydrogen) atoms. The molecule has 0 unspecified atom stereocenters. The smallest absolute Gasteiger partial charge is 0.225 e. The lowest BCUT2D eigenvalue weighted by molar-refractivity contribution is 0.133. The summed E-state index contributed by atoms with van der Waals surface area (Å²) in [5, 5.41) is 0. The van der Waals surface area contributed by atoms with E-state index in [2.05, 4.69) is 14.9 Å². The Balaban J connectivity index is 1.86. The Kier molecular flexibility index (Phi) is 2.72. The number of hydrogen-bond donors (Lipinski definition) is 1. The summed E-state index contributed by atoms with van der Waals surface area (Å²) in [6, 6.07) is 0.338. The van der Waals surface area contributed by atoms with Gasteiger partial charge >= 0.3 is 0 Å². The van der Waals surface area contributed by atoms with E-state index in [1.54, 1.807) is 0 Å². The predicted molar refractivity (Wildman–Crippen MR) is 64.7 cm³/mol. The molecule has 5 nitrogen and oxygen atoms in total. The quantitative estimate of drug-likeness (QED) is 0.776. The van der Waals surface area contributed by atoms with E-state index in [0.717, 1.165) is 43.3 Å². The second kappa shape index (κ2) is 4.23. The second-order valence-electron chi connectivity index (χ2n) is 4.85. The molecule has 1 aromatic heterocycles. The zero-order chi connectivity index (χ0) is 11.8. The Hall–Kier alpha value is -1.20. The van der Waals surface area contributed by atoms with Crippen LogP contribution in [0.25, 0.3) is 0 Å². The van der Waals surface area contributed by atoms with E-state index in [1.807, 2.05) is 6.92 Å². The molecule has 0 radical (unpaired) electrons. The molecule has 0 amide bonds. The first kappa shape index (κ1) is 10.9. The van der Waals surface area contributed by atoms with Gasteiger partial charge in [-0.15, -0.1) is 0 Å². The summed E-state index contributed by atoms with van der Waals surface area (Å²) in [5.41, 5.74) is 9.19. The molecule has 0 aliphatic carbocycles. The molecule has 0 atom stereocenters. The third-order valence-electron chi connectivity index (χ3n) is 3.60. The fourth-order valence-electron chi connectivity index (χ4n) is 2.44. The van der Waals surface area contributed by atoms with E-state index in [1.165, 1.54) is 5.56 Å². The number of nitrogens with two attached hydrogens (primary N) is 1. The number of aryl methyl sites for hydroxylation is 1. The molecule has 2 aliphatic heterocycles. The molecule has 1 fully saturated rings. The van der Waals surface area contributed by atoms with Crippen LogP contribution < -0.4 is 10.6 Å².